The van der Waals surface area contributed by atoms with Gasteiger partial charge in [0.1, 0.15) is 0 Å². The van der Waals surface area contributed by atoms with E-state index in [1.54, 1.807) is 18.2 Å². The molecule has 0 fully saturated rings. The molecule has 0 aliphatic carbocycles. The van der Waals surface area contributed by atoms with Crippen LogP contribution in [0.5, 0.6) is 0 Å². The highest BCUT2D eigenvalue weighted by Gasteiger charge is 2.13. The Labute approximate surface area is 132 Å². The maximum Gasteiger partial charge on any atom is 0.257 e. The van der Waals surface area contributed by atoms with Gasteiger partial charge in [0.05, 0.1) is 16.3 Å². The van der Waals surface area contributed by atoms with Crippen molar-refractivity contribution in [3.05, 3.63) is 61.1 Å². The average Bonchev–Trinajstić information content (AvgIpc) is 2.35. The second-order valence-corrected chi connectivity index (χ2v) is 5.93. The third-order valence-electron chi connectivity index (χ3n) is 2.32. The summed E-state index contributed by atoms with van der Waals surface area (Å²) < 4.78 is 1.69. The lowest BCUT2D eigenvalue weighted by Gasteiger charge is -2.09. The van der Waals surface area contributed by atoms with E-state index in [0.717, 1.165) is 9.26 Å². The number of hydrogen-bond donors (Lipinski definition) is 1. The molecule has 0 aromatic heterocycles. The van der Waals surface area contributed by atoms with E-state index >= 15 is 0 Å². The molecule has 0 radical (unpaired) electrons. The Kier molecular flexibility index (Phi) is 4.64. The van der Waals surface area contributed by atoms with E-state index in [1.807, 2.05) is 24.3 Å². The van der Waals surface area contributed by atoms with Gasteiger partial charge in [0.25, 0.3) is 5.91 Å². The molecule has 2 aromatic rings. The van der Waals surface area contributed by atoms with E-state index < -0.39 is 0 Å². The van der Waals surface area contributed by atoms with E-state index in [2.05, 4.69) is 43.8 Å². The number of amides is 1. The zero-order valence-corrected chi connectivity index (χ0v) is 13.6. The molecule has 0 unspecified atom stereocenters. The normalized spacial score (nSPS) is 10.2. The minimum atomic E-state index is -0.217. The number of hydrogen-bond acceptors (Lipinski definition) is 1. The van der Waals surface area contributed by atoms with Crippen LogP contribution in [0.25, 0.3) is 0 Å². The summed E-state index contributed by atoms with van der Waals surface area (Å²) in [7, 11) is 0. The van der Waals surface area contributed by atoms with Crippen LogP contribution in [-0.2, 0) is 0 Å². The van der Waals surface area contributed by atoms with Crippen molar-refractivity contribution < 1.29 is 4.79 Å². The summed E-state index contributed by atoms with van der Waals surface area (Å²) in [5.41, 5.74) is 1.23. The third kappa shape index (κ3) is 3.05. The van der Waals surface area contributed by atoms with Gasteiger partial charge in [-0.15, -0.1) is 0 Å². The van der Waals surface area contributed by atoms with Crippen LogP contribution in [0.3, 0.4) is 0 Å². The Hall–Kier alpha value is -0.590. The van der Waals surface area contributed by atoms with E-state index in [0.29, 0.717) is 15.1 Å². The molecule has 0 saturated carbocycles. The fourth-order valence-electron chi connectivity index (χ4n) is 1.43. The van der Waals surface area contributed by atoms with Gasteiger partial charge >= 0.3 is 0 Å². The van der Waals surface area contributed by atoms with Crippen LogP contribution in [-0.4, -0.2) is 5.91 Å². The molecule has 5 heteroatoms. The molecule has 0 heterocycles. The molecule has 0 aliphatic rings. The first-order valence-electron chi connectivity index (χ1n) is 5.09. The lowest BCUT2D eigenvalue weighted by atomic mass is 10.2. The summed E-state index contributed by atoms with van der Waals surface area (Å²) in [5, 5.41) is 3.26. The molecule has 1 N–H and O–H groups in total. The summed E-state index contributed by atoms with van der Waals surface area (Å²) >= 11 is 11.6. The zero-order valence-electron chi connectivity index (χ0n) is 9.08. The van der Waals surface area contributed by atoms with Gasteiger partial charge in [0.2, 0.25) is 0 Å². The molecule has 2 aromatic carbocycles. The summed E-state index contributed by atoms with van der Waals surface area (Å²) in [4.78, 5) is 12.1. The van der Waals surface area contributed by atoms with Crippen LogP contribution in [0, 0.1) is 3.57 Å². The topological polar surface area (TPSA) is 29.1 Å². The molecule has 92 valence electrons. The number of anilines is 1. The van der Waals surface area contributed by atoms with Gasteiger partial charge in [-0.25, -0.2) is 0 Å². The highest BCUT2D eigenvalue weighted by molar-refractivity contribution is 14.1. The second-order valence-electron chi connectivity index (χ2n) is 3.54. The minimum Gasteiger partial charge on any atom is -0.321 e. The number of halogens is 3. The Morgan fingerprint density at radius 3 is 2.61 bits per heavy atom. The lowest BCUT2D eigenvalue weighted by molar-refractivity contribution is 0.102. The number of carbonyl (C=O) groups excluding carboxylic acids is 1. The van der Waals surface area contributed by atoms with Crippen LogP contribution < -0.4 is 5.32 Å². The summed E-state index contributed by atoms with van der Waals surface area (Å²) in [6.45, 7) is 0. The Balaban J connectivity index is 2.28. The fraction of sp³-hybridized carbons (Fsp3) is 0. The van der Waals surface area contributed by atoms with Gasteiger partial charge in [0.15, 0.2) is 0 Å². The van der Waals surface area contributed by atoms with Crippen LogP contribution in [0.15, 0.2) is 46.9 Å². The minimum absolute atomic E-state index is 0.217. The van der Waals surface area contributed by atoms with Crippen molar-refractivity contribution in [3.63, 3.8) is 0 Å². The third-order valence-corrected chi connectivity index (χ3v) is 4.56. The average molecular weight is 436 g/mol. The van der Waals surface area contributed by atoms with Crippen molar-refractivity contribution in [1.82, 2.24) is 0 Å². The number of rotatable bonds is 2. The Morgan fingerprint density at radius 2 is 1.89 bits per heavy atom. The molecule has 0 atom stereocenters. The fourth-order valence-corrected chi connectivity index (χ4v) is 2.53. The van der Waals surface area contributed by atoms with Crippen molar-refractivity contribution in [3.8, 4) is 0 Å². The van der Waals surface area contributed by atoms with Crippen LogP contribution in [0.1, 0.15) is 10.4 Å². The predicted molar refractivity (Wildman–Crippen MR) is 86.3 cm³/mol. The van der Waals surface area contributed by atoms with Crippen molar-refractivity contribution in [2.75, 3.05) is 5.32 Å². The quantitative estimate of drug-likeness (QED) is 0.663. The molecule has 0 bridgehead atoms. The maximum absolute atomic E-state index is 12.1. The molecule has 0 spiro atoms. The van der Waals surface area contributed by atoms with Crippen molar-refractivity contribution in [2.45, 2.75) is 0 Å². The standard InChI is InChI=1S/C13H8BrClINO/c14-9-5-3-4-8(12(9)15)13(18)17-11-7-2-1-6-10(11)16/h1-7H,(H,17,18). The largest absolute Gasteiger partial charge is 0.321 e. The zero-order chi connectivity index (χ0) is 13.1. The number of para-hydroxylation sites is 1. The Bertz CT molecular complexity index is 603. The van der Waals surface area contributed by atoms with E-state index in [-0.39, 0.29) is 5.91 Å². The van der Waals surface area contributed by atoms with Gasteiger partial charge < -0.3 is 5.32 Å². The monoisotopic (exact) mass is 435 g/mol. The van der Waals surface area contributed by atoms with Gasteiger partial charge in [-0.05, 0) is 62.8 Å². The van der Waals surface area contributed by atoms with Crippen LogP contribution in [0.4, 0.5) is 5.69 Å². The molecular formula is C13H8BrClINO. The summed E-state index contributed by atoms with van der Waals surface area (Å²) in [6.07, 6.45) is 0. The van der Waals surface area contributed by atoms with Crippen LogP contribution in [0.2, 0.25) is 5.02 Å². The van der Waals surface area contributed by atoms with Crippen molar-refractivity contribution in [1.29, 1.82) is 0 Å². The first-order valence-corrected chi connectivity index (χ1v) is 7.34. The molecule has 2 rings (SSSR count). The van der Waals surface area contributed by atoms with Gasteiger partial charge in [0, 0.05) is 8.04 Å². The second kappa shape index (κ2) is 6.04. The van der Waals surface area contributed by atoms with Gasteiger partial charge in [-0.2, -0.15) is 0 Å². The van der Waals surface area contributed by atoms with E-state index in [9.17, 15) is 4.79 Å². The number of carbonyl (C=O) groups is 1. The molecule has 1 amide bonds. The maximum atomic E-state index is 12.1. The van der Waals surface area contributed by atoms with Gasteiger partial charge in [-0.1, -0.05) is 29.8 Å². The molecule has 18 heavy (non-hydrogen) atoms. The van der Waals surface area contributed by atoms with E-state index in [1.165, 1.54) is 0 Å². The summed E-state index contributed by atoms with van der Waals surface area (Å²) in [6, 6.07) is 12.8. The SMILES string of the molecule is O=C(Nc1ccccc1I)c1cccc(Br)c1Cl. The molecule has 2 nitrogen and oxygen atoms in total. The highest BCUT2D eigenvalue weighted by atomic mass is 127. The Morgan fingerprint density at radius 1 is 1.17 bits per heavy atom. The highest BCUT2D eigenvalue weighted by Crippen LogP contribution is 2.27. The molecular weight excluding hydrogens is 428 g/mol. The van der Waals surface area contributed by atoms with Crippen molar-refractivity contribution >= 4 is 61.7 Å². The van der Waals surface area contributed by atoms with Gasteiger partial charge in [-0.3, -0.25) is 4.79 Å². The first-order chi connectivity index (χ1) is 8.59. The first kappa shape index (κ1) is 13.8. The molecule has 0 aliphatic heterocycles. The van der Waals surface area contributed by atoms with Crippen molar-refractivity contribution in [2.24, 2.45) is 0 Å². The summed E-state index contributed by atoms with van der Waals surface area (Å²) in [5.74, 6) is -0.217. The smallest absolute Gasteiger partial charge is 0.257 e. The molecule has 0 saturated heterocycles. The predicted octanol–water partition coefficient (Wildman–Crippen LogP) is 4.96. The lowest BCUT2D eigenvalue weighted by Crippen LogP contribution is -2.13. The van der Waals surface area contributed by atoms with Crippen LogP contribution >= 0.6 is 50.1 Å². The number of benzene rings is 2. The number of nitrogens with one attached hydrogen (secondary N) is 1. The van der Waals surface area contributed by atoms with E-state index in [4.69, 9.17) is 11.6 Å².